The zero-order valence-corrected chi connectivity index (χ0v) is 17.4. The molecule has 0 fully saturated rings. The van der Waals surface area contributed by atoms with Gasteiger partial charge in [0.1, 0.15) is 5.75 Å². The molecule has 0 saturated heterocycles. The van der Waals surface area contributed by atoms with E-state index in [-0.39, 0.29) is 16.8 Å². The monoisotopic (exact) mass is 416 g/mol. The molecule has 0 bridgehead atoms. The molecule has 0 aliphatic carbocycles. The van der Waals surface area contributed by atoms with Gasteiger partial charge in [0.05, 0.1) is 29.1 Å². The number of fused-ring (bicyclic) bond motifs is 1. The van der Waals surface area contributed by atoms with Gasteiger partial charge in [-0.3, -0.25) is 4.72 Å². The summed E-state index contributed by atoms with van der Waals surface area (Å²) < 4.78 is 38.9. The minimum Gasteiger partial charge on any atom is -0.494 e. The molecule has 1 unspecified atom stereocenters. The number of hydrogen-bond donors (Lipinski definition) is 2. The van der Waals surface area contributed by atoms with Gasteiger partial charge in [0.15, 0.2) is 11.6 Å². The van der Waals surface area contributed by atoms with Crippen molar-refractivity contribution in [2.24, 2.45) is 0 Å². The summed E-state index contributed by atoms with van der Waals surface area (Å²) in [6.45, 7) is 4.71. The summed E-state index contributed by atoms with van der Waals surface area (Å²) in [5.74, 6) is 1.07. The number of hydrogen-bond acceptors (Lipinski definition) is 7. The van der Waals surface area contributed by atoms with Crippen molar-refractivity contribution in [3.05, 3.63) is 48.5 Å². The number of ether oxygens (including phenoxy) is 2. The van der Waals surface area contributed by atoms with E-state index in [1.54, 1.807) is 25.3 Å². The first-order valence-corrected chi connectivity index (χ1v) is 10.7. The molecule has 1 atom stereocenters. The Balaban J connectivity index is 1.96. The standard InChI is InChI=1S/C20H24N4O4S/c1-4-28-15-9-11-16(12-10-15)29(25,26)24-20-19(21-14(2)13-27-3)22-17-7-5-6-8-18(17)23-20/h5-12,14H,4,13H2,1-3H3,(H,21,22)(H,23,24). The van der Waals surface area contributed by atoms with Crippen LogP contribution in [0.5, 0.6) is 5.75 Å². The van der Waals surface area contributed by atoms with Crippen molar-refractivity contribution in [3.63, 3.8) is 0 Å². The lowest BCUT2D eigenvalue weighted by atomic mass is 10.3. The van der Waals surface area contributed by atoms with Gasteiger partial charge in [-0.05, 0) is 50.2 Å². The lowest BCUT2D eigenvalue weighted by molar-refractivity contribution is 0.190. The maximum absolute atomic E-state index is 12.9. The fourth-order valence-electron chi connectivity index (χ4n) is 2.76. The zero-order chi connectivity index (χ0) is 20.9. The molecule has 154 valence electrons. The highest BCUT2D eigenvalue weighted by Crippen LogP contribution is 2.25. The fraction of sp³-hybridized carbons (Fsp3) is 0.300. The quantitative estimate of drug-likeness (QED) is 0.552. The molecule has 1 heterocycles. The Morgan fingerprint density at radius 2 is 1.62 bits per heavy atom. The molecule has 3 aromatic rings. The van der Waals surface area contributed by atoms with E-state index in [2.05, 4.69) is 20.0 Å². The first-order chi connectivity index (χ1) is 13.9. The van der Waals surface area contributed by atoms with Crippen LogP contribution in [0.4, 0.5) is 11.6 Å². The molecular weight excluding hydrogens is 392 g/mol. The second kappa shape index (κ2) is 9.06. The summed E-state index contributed by atoms with van der Waals surface area (Å²) in [4.78, 5) is 9.11. The second-order valence-electron chi connectivity index (χ2n) is 6.42. The van der Waals surface area contributed by atoms with Crippen LogP contribution in [-0.4, -0.2) is 44.8 Å². The number of anilines is 2. The molecule has 1 aromatic heterocycles. The van der Waals surface area contributed by atoms with Gasteiger partial charge in [-0.15, -0.1) is 0 Å². The van der Waals surface area contributed by atoms with Gasteiger partial charge in [0, 0.05) is 13.2 Å². The van der Waals surface area contributed by atoms with Gasteiger partial charge in [0.2, 0.25) is 0 Å². The van der Waals surface area contributed by atoms with Gasteiger partial charge in [-0.2, -0.15) is 0 Å². The van der Waals surface area contributed by atoms with Crippen LogP contribution < -0.4 is 14.8 Å². The summed E-state index contributed by atoms with van der Waals surface area (Å²) >= 11 is 0. The van der Waals surface area contributed by atoms with Crippen LogP contribution in [0.2, 0.25) is 0 Å². The van der Waals surface area contributed by atoms with E-state index < -0.39 is 10.0 Å². The highest BCUT2D eigenvalue weighted by Gasteiger charge is 2.20. The highest BCUT2D eigenvalue weighted by atomic mass is 32.2. The van der Waals surface area contributed by atoms with Crippen molar-refractivity contribution in [1.82, 2.24) is 9.97 Å². The largest absolute Gasteiger partial charge is 0.494 e. The molecule has 0 spiro atoms. The van der Waals surface area contributed by atoms with Crippen LogP contribution in [0.1, 0.15) is 13.8 Å². The Morgan fingerprint density at radius 1 is 1.00 bits per heavy atom. The molecule has 29 heavy (non-hydrogen) atoms. The number of sulfonamides is 1. The van der Waals surface area contributed by atoms with Crippen LogP contribution in [0.25, 0.3) is 11.0 Å². The minimum atomic E-state index is -3.86. The molecule has 0 amide bonds. The molecule has 3 rings (SSSR count). The topological polar surface area (TPSA) is 102 Å². The highest BCUT2D eigenvalue weighted by molar-refractivity contribution is 7.92. The summed E-state index contributed by atoms with van der Waals surface area (Å²) in [5.41, 5.74) is 1.24. The van der Waals surface area contributed by atoms with E-state index in [9.17, 15) is 8.42 Å². The number of methoxy groups -OCH3 is 1. The Morgan fingerprint density at radius 3 is 2.21 bits per heavy atom. The summed E-state index contributed by atoms with van der Waals surface area (Å²) in [7, 11) is -2.27. The molecule has 9 heteroatoms. The van der Waals surface area contributed by atoms with Crippen LogP contribution in [0.15, 0.2) is 53.4 Å². The molecule has 2 aromatic carbocycles. The SMILES string of the molecule is CCOc1ccc(S(=O)(=O)Nc2nc3ccccc3nc2NC(C)COC)cc1. The van der Waals surface area contributed by atoms with Crippen molar-refractivity contribution in [2.75, 3.05) is 30.4 Å². The van der Waals surface area contributed by atoms with E-state index >= 15 is 0 Å². The average Bonchev–Trinajstić information content (AvgIpc) is 2.69. The third kappa shape index (κ3) is 5.12. The lowest BCUT2D eigenvalue weighted by Crippen LogP contribution is -2.24. The van der Waals surface area contributed by atoms with Crippen molar-refractivity contribution < 1.29 is 17.9 Å². The Labute approximate surface area is 170 Å². The number of aromatic nitrogens is 2. The van der Waals surface area contributed by atoms with Crippen molar-refractivity contribution >= 4 is 32.7 Å². The third-order valence-electron chi connectivity index (χ3n) is 4.05. The maximum atomic E-state index is 12.9. The molecule has 0 aliphatic heterocycles. The Kier molecular flexibility index (Phi) is 6.50. The van der Waals surface area contributed by atoms with E-state index in [1.807, 2.05) is 32.0 Å². The second-order valence-corrected chi connectivity index (χ2v) is 8.10. The Hall–Kier alpha value is -2.91. The predicted octanol–water partition coefficient (Wildman–Crippen LogP) is 3.28. The van der Waals surface area contributed by atoms with Crippen LogP contribution in [0, 0.1) is 0 Å². The molecule has 0 radical (unpaired) electrons. The number of para-hydroxylation sites is 2. The van der Waals surface area contributed by atoms with Crippen molar-refractivity contribution in [1.29, 1.82) is 0 Å². The fourth-order valence-corrected chi connectivity index (χ4v) is 3.77. The molecule has 0 saturated carbocycles. The maximum Gasteiger partial charge on any atom is 0.263 e. The molecule has 0 aliphatic rings. The zero-order valence-electron chi connectivity index (χ0n) is 16.5. The van der Waals surface area contributed by atoms with E-state index in [4.69, 9.17) is 9.47 Å². The normalized spacial score (nSPS) is 12.5. The van der Waals surface area contributed by atoms with Gasteiger partial charge >= 0.3 is 0 Å². The Bertz CT molecular complexity index is 1070. The lowest BCUT2D eigenvalue weighted by Gasteiger charge is -2.17. The molecule has 2 N–H and O–H groups in total. The van der Waals surface area contributed by atoms with Gasteiger partial charge < -0.3 is 14.8 Å². The van der Waals surface area contributed by atoms with Gasteiger partial charge in [0.25, 0.3) is 10.0 Å². The molecular formula is C20H24N4O4S. The summed E-state index contributed by atoms with van der Waals surface area (Å²) in [5, 5.41) is 3.16. The predicted molar refractivity (Wildman–Crippen MR) is 113 cm³/mol. The average molecular weight is 417 g/mol. The summed E-state index contributed by atoms with van der Waals surface area (Å²) in [6, 6.07) is 13.4. The number of rotatable bonds is 9. The third-order valence-corrected chi connectivity index (χ3v) is 5.40. The van der Waals surface area contributed by atoms with Gasteiger partial charge in [-0.25, -0.2) is 18.4 Å². The van der Waals surface area contributed by atoms with Crippen LogP contribution in [0.3, 0.4) is 0 Å². The van der Waals surface area contributed by atoms with Crippen molar-refractivity contribution in [3.8, 4) is 5.75 Å². The van der Waals surface area contributed by atoms with Crippen molar-refractivity contribution in [2.45, 2.75) is 24.8 Å². The van der Waals surface area contributed by atoms with E-state index in [0.717, 1.165) is 0 Å². The number of nitrogens with zero attached hydrogens (tertiary/aromatic N) is 2. The summed E-state index contributed by atoms with van der Waals surface area (Å²) in [6.07, 6.45) is 0. The van der Waals surface area contributed by atoms with Crippen LogP contribution >= 0.6 is 0 Å². The van der Waals surface area contributed by atoms with Crippen LogP contribution in [-0.2, 0) is 14.8 Å². The molecule has 8 nitrogen and oxygen atoms in total. The number of nitrogens with one attached hydrogen (secondary N) is 2. The minimum absolute atomic E-state index is 0.0933. The first-order valence-electron chi connectivity index (χ1n) is 9.21. The van der Waals surface area contributed by atoms with Gasteiger partial charge in [-0.1, -0.05) is 12.1 Å². The van der Waals surface area contributed by atoms with E-state index in [1.165, 1.54) is 12.1 Å². The smallest absolute Gasteiger partial charge is 0.263 e. The first kappa shape index (κ1) is 20.8. The van der Waals surface area contributed by atoms with E-state index in [0.29, 0.717) is 35.8 Å². The number of benzene rings is 2.